The Balaban J connectivity index is 2.00. The summed E-state index contributed by atoms with van der Waals surface area (Å²) >= 11 is 0. The molecule has 0 aromatic heterocycles. The number of hydrogen-bond acceptors (Lipinski definition) is 3. The van der Waals surface area contributed by atoms with Gasteiger partial charge in [-0.25, -0.2) is 8.78 Å². The van der Waals surface area contributed by atoms with Gasteiger partial charge >= 0.3 is 0 Å². The van der Waals surface area contributed by atoms with Gasteiger partial charge in [0, 0.05) is 25.6 Å². The van der Waals surface area contributed by atoms with E-state index >= 15 is 0 Å². The highest BCUT2D eigenvalue weighted by molar-refractivity contribution is 5.76. The molecular formula is C24H32F2N2O2. The Hall–Kier alpha value is -2.31. The predicted octanol–water partition coefficient (Wildman–Crippen LogP) is 3.90. The van der Waals surface area contributed by atoms with E-state index < -0.39 is 23.8 Å². The number of aliphatic hydroxyl groups is 1. The molecule has 0 fully saturated rings. The molecule has 30 heavy (non-hydrogen) atoms. The fourth-order valence-electron chi connectivity index (χ4n) is 3.35. The van der Waals surface area contributed by atoms with Crippen LogP contribution >= 0.6 is 0 Å². The summed E-state index contributed by atoms with van der Waals surface area (Å²) in [5.74, 6) is -1.53. The van der Waals surface area contributed by atoms with E-state index in [0.717, 1.165) is 30.9 Å². The summed E-state index contributed by atoms with van der Waals surface area (Å²) in [6, 6.07) is 10.8. The van der Waals surface area contributed by atoms with Gasteiger partial charge in [0.1, 0.15) is 11.6 Å². The van der Waals surface area contributed by atoms with Crippen LogP contribution in [0, 0.1) is 11.6 Å². The summed E-state index contributed by atoms with van der Waals surface area (Å²) in [6.45, 7) is 4.91. The Morgan fingerprint density at radius 1 is 1.03 bits per heavy atom. The molecule has 4 nitrogen and oxygen atoms in total. The van der Waals surface area contributed by atoms with Crippen molar-refractivity contribution in [2.24, 2.45) is 0 Å². The van der Waals surface area contributed by atoms with Gasteiger partial charge < -0.3 is 15.7 Å². The third kappa shape index (κ3) is 8.20. The highest BCUT2D eigenvalue weighted by Crippen LogP contribution is 2.13. The van der Waals surface area contributed by atoms with Gasteiger partial charge in [0.2, 0.25) is 5.91 Å². The van der Waals surface area contributed by atoms with Crippen LogP contribution in [0.1, 0.15) is 49.8 Å². The zero-order valence-corrected chi connectivity index (χ0v) is 17.8. The van der Waals surface area contributed by atoms with Crippen molar-refractivity contribution in [2.75, 3.05) is 6.54 Å². The minimum Gasteiger partial charge on any atom is -0.390 e. The largest absolute Gasteiger partial charge is 0.390 e. The topological polar surface area (TPSA) is 61.4 Å². The summed E-state index contributed by atoms with van der Waals surface area (Å²) in [5, 5.41) is 16.7. The van der Waals surface area contributed by atoms with Crippen molar-refractivity contribution in [3.05, 3.63) is 70.8 Å². The second-order valence-electron chi connectivity index (χ2n) is 7.63. The molecule has 0 unspecified atom stereocenters. The molecule has 164 valence electrons. The Labute approximate surface area is 177 Å². The molecule has 1 amide bonds. The van der Waals surface area contributed by atoms with Crippen LogP contribution in [0.2, 0.25) is 0 Å². The van der Waals surface area contributed by atoms with E-state index in [2.05, 4.69) is 29.7 Å². The lowest BCUT2D eigenvalue weighted by Gasteiger charge is -2.25. The molecule has 0 heterocycles. The summed E-state index contributed by atoms with van der Waals surface area (Å²) in [4.78, 5) is 12.2. The van der Waals surface area contributed by atoms with Crippen LogP contribution in [0.5, 0.6) is 0 Å². The summed E-state index contributed by atoms with van der Waals surface area (Å²) in [7, 11) is 0. The first-order valence-corrected chi connectivity index (χ1v) is 10.6. The third-order valence-corrected chi connectivity index (χ3v) is 5.03. The Bertz CT molecular complexity index is 793. The van der Waals surface area contributed by atoms with Crippen molar-refractivity contribution in [2.45, 2.75) is 64.6 Å². The van der Waals surface area contributed by atoms with Gasteiger partial charge in [-0.15, -0.1) is 0 Å². The molecule has 2 atom stereocenters. The number of aryl methyl sites for hydroxylation is 1. The van der Waals surface area contributed by atoms with Crippen molar-refractivity contribution >= 4 is 5.91 Å². The maximum absolute atomic E-state index is 13.6. The number of amides is 1. The van der Waals surface area contributed by atoms with Crippen molar-refractivity contribution in [1.29, 1.82) is 0 Å². The molecule has 0 saturated carbocycles. The zero-order chi connectivity index (χ0) is 21.9. The second-order valence-corrected chi connectivity index (χ2v) is 7.63. The molecule has 2 aromatic carbocycles. The molecular weight excluding hydrogens is 386 g/mol. The molecule has 0 aliphatic carbocycles. The summed E-state index contributed by atoms with van der Waals surface area (Å²) in [5.41, 5.74) is 2.74. The monoisotopic (exact) mass is 418 g/mol. The molecule has 2 rings (SSSR count). The minimum atomic E-state index is -0.906. The van der Waals surface area contributed by atoms with Gasteiger partial charge in [-0.1, -0.05) is 44.5 Å². The normalized spacial score (nSPS) is 13.1. The molecule has 0 aliphatic rings. The molecule has 2 aromatic rings. The van der Waals surface area contributed by atoms with Gasteiger partial charge in [-0.05, 0) is 48.1 Å². The van der Waals surface area contributed by atoms with E-state index in [9.17, 15) is 18.7 Å². The average molecular weight is 419 g/mol. The number of benzene rings is 2. The first kappa shape index (κ1) is 24.0. The van der Waals surface area contributed by atoms with Gasteiger partial charge in [-0.3, -0.25) is 4.79 Å². The lowest BCUT2D eigenvalue weighted by atomic mass is 10.00. The Kier molecular flexibility index (Phi) is 9.91. The lowest BCUT2D eigenvalue weighted by molar-refractivity contribution is -0.122. The van der Waals surface area contributed by atoms with Crippen molar-refractivity contribution in [3.8, 4) is 0 Å². The first-order valence-electron chi connectivity index (χ1n) is 10.6. The van der Waals surface area contributed by atoms with Crippen LogP contribution < -0.4 is 10.6 Å². The average Bonchev–Trinajstić information content (AvgIpc) is 2.71. The second kappa shape index (κ2) is 12.4. The highest BCUT2D eigenvalue weighted by atomic mass is 19.1. The predicted molar refractivity (Wildman–Crippen MR) is 115 cm³/mol. The van der Waals surface area contributed by atoms with Crippen molar-refractivity contribution < 1.29 is 18.7 Å². The van der Waals surface area contributed by atoms with E-state index in [1.54, 1.807) is 0 Å². The van der Waals surface area contributed by atoms with E-state index in [1.807, 2.05) is 19.1 Å². The first-order chi connectivity index (χ1) is 14.4. The van der Waals surface area contributed by atoms with E-state index in [-0.39, 0.29) is 18.9 Å². The van der Waals surface area contributed by atoms with Crippen molar-refractivity contribution in [1.82, 2.24) is 10.6 Å². The third-order valence-electron chi connectivity index (χ3n) is 5.03. The van der Waals surface area contributed by atoms with Crippen LogP contribution in [0.4, 0.5) is 8.78 Å². The van der Waals surface area contributed by atoms with E-state index in [4.69, 9.17) is 0 Å². The molecule has 0 radical (unpaired) electrons. The van der Waals surface area contributed by atoms with Gasteiger partial charge in [0.05, 0.1) is 12.1 Å². The van der Waals surface area contributed by atoms with Crippen LogP contribution in [0.25, 0.3) is 0 Å². The van der Waals surface area contributed by atoms with Crippen LogP contribution in [0.3, 0.4) is 0 Å². The standard InChI is InChI=1S/C24H32F2N2O2/c1-3-5-9-24(30)28-22(13-19-11-20(25)14-21(26)12-19)23(29)16-27-15-18-8-6-7-17(4-2)10-18/h6-8,10-12,14,22-23,27,29H,3-5,9,13,15-16H2,1-2H3,(H,28,30)/t22-,23+/m0/s1. The Morgan fingerprint density at radius 3 is 2.40 bits per heavy atom. The highest BCUT2D eigenvalue weighted by Gasteiger charge is 2.22. The fraction of sp³-hybridized carbons (Fsp3) is 0.458. The molecule has 0 aliphatic heterocycles. The molecule has 0 spiro atoms. The molecule has 0 bridgehead atoms. The Morgan fingerprint density at radius 2 is 1.73 bits per heavy atom. The maximum Gasteiger partial charge on any atom is 0.220 e. The fourth-order valence-corrected chi connectivity index (χ4v) is 3.35. The smallest absolute Gasteiger partial charge is 0.220 e. The zero-order valence-electron chi connectivity index (χ0n) is 17.8. The molecule has 0 saturated heterocycles. The summed E-state index contributed by atoms with van der Waals surface area (Å²) in [6.07, 6.45) is 2.17. The number of carbonyl (C=O) groups is 1. The minimum absolute atomic E-state index is 0.140. The van der Waals surface area contributed by atoms with Gasteiger partial charge in [-0.2, -0.15) is 0 Å². The van der Waals surface area contributed by atoms with Crippen LogP contribution in [-0.2, 0) is 24.2 Å². The molecule has 3 N–H and O–H groups in total. The number of unbranched alkanes of at least 4 members (excludes halogenated alkanes) is 1. The quantitative estimate of drug-likeness (QED) is 0.490. The number of nitrogens with one attached hydrogen (secondary N) is 2. The molecule has 6 heteroatoms. The van der Waals surface area contributed by atoms with Gasteiger partial charge in [0.15, 0.2) is 0 Å². The number of rotatable bonds is 12. The van der Waals surface area contributed by atoms with Crippen molar-refractivity contribution in [3.63, 3.8) is 0 Å². The lowest BCUT2D eigenvalue weighted by Crippen LogP contribution is -2.48. The van der Waals surface area contributed by atoms with Crippen LogP contribution in [0.15, 0.2) is 42.5 Å². The summed E-state index contributed by atoms with van der Waals surface area (Å²) < 4.78 is 27.1. The number of carbonyl (C=O) groups excluding carboxylic acids is 1. The van der Waals surface area contributed by atoms with Crippen LogP contribution in [-0.4, -0.2) is 29.7 Å². The SMILES string of the molecule is CCCCC(=O)N[C@@H](Cc1cc(F)cc(F)c1)[C@H](O)CNCc1cccc(CC)c1. The number of hydrogen-bond donors (Lipinski definition) is 3. The number of aliphatic hydroxyl groups excluding tert-OH is 1. The van der Waals surface area contributed by atoms with E-state index in [0.29, 0.717) is 18.5 Å². The number of halogens is 2. The van der Waals surface area contributed by atoms with Gasteiger partial charge in [0.25, 0.3) is 0 Å². The maximum atomic E-state index is 13.6. The van der Waals surface area contributed by atoms with E-state index in [1.165, 1.54) is 17.7 Å².